The summed E-state index contributed by atoms with van der Waals surface area (Å²) in [5.41, 5.74) is 6.70. The Kier molecular flexibility index (Phi) is 3.41. The van der Waals surface area contributed by atoms with Crippen LogP contribution >= 0.6 is 0 Å². The summed E-state index contributed by atoms with van der Waals surface area (Å²) in [7, 11) is 0. The van der Waals surface area contributed by atoms with Crippen molar-refractivity contribution < 1.29 is 4.74 Å². The van der Waals surface area contributed by atoms with Gasteiger partial charge in [-0.05, 0) is 26.0 Å². The Labute approximate surface area is 96.4 Å². The molecule has 1 saturated heterocycles. The number of pyridine rings is 1. The van der Waals surface area contributed by atoms with Crippen LogP contribution in [0, 0.1) is 0 Å². The zero-order chi connectivity index (χ0) is 11.5. The van der Waals surface area contributed by atoms with Crippen molar-refractivity contribution in [3.05, 3.63) is 23.9 Å². The second-order valence-corrected chi connectivity index (χ2v) is 4.48. The van der Waals surface area contributed by atoms with E-state index < -0.39 is 0 Å². The molecular formula is C12H19N3O. The number of hydrogen-bond acceptors (Lipinski definition) is 4. The molecule has 0 saturated carbocycles. The Morgan fingerprint density at radius 3 is 3.06 bits per heavy atom. The first-order valence-electron chi connectivity index (χ1n) is 5.72. The molecule has 1 aliphatic rings. The summed E-state index contributed by atoms with van der Waals surface area (Å²) in [6, 6.07) is 6.23. The van der Waals surface area contributed by atoms with Gasteiger partial charge in [0, 0.05) is 19.1 Å². The highest BCUT2D eigenvalue weighted by Gasteiger charge is 2.23. The quantitative estimate of drug-likeness (QED) is 0.817. The predicted molar refractivity (Wildman–Crippen MR) is 63.9 cm³/mol. The van der Waals surface area contributed by atoms with Crippen molar-refractivity contribution in [3.63, 3.8) is 0 Å². The van der Waals surface area contributed by atoms with Gasteiger partial charge in [-0.3, -0.25) is 4.90 Å². The Balaban J connectivity index is 2.02. The summed E-state index contributed by atoms with van der Waals surface area (Å²) >= 11 is 0. The minimum atomic E-state index is 0.303. The van der Waals surface area contributed by atoms with Crippen molar-refractivity contribution >= 4 is 5.82 Å². The van der Waals surface area contributed by atoms with Gasteiger partial charge in [0.05, 0.1) is 18.4 Å². The third-order valence-electron chi connectivity index (χ3n) is 2.93. The highest BCUT2D eigenvalue weighted by Crippen LogP contribution is 2.14. The second kappa shape index (κ2) is 4.80. The van der Waals surface area contributed by atoms with E-state index in [1.165, 1.54) is 0 Å². The molecular weight excluding hydrogens is 202 g/mol. The zero-order valence-electron chi connectivity index (χ0n) is 9.89. The van der Waals surface area contributed by atoms with Gasteiger partial charge in [-0.2, -0.15) is 0 Å². The highest BCUT2D eigenvalue weighted by molar-refractivity contribution is 5.28. The fourth-order valence-electron chi connectivity index (χ4n) is 1.99. The number of nitrogens with zero attached hydrogens (tertiary/aromatic N) is 2. The number of nitrogens with two attached hydrogens (primary N) is 1. The van der Waals surface area contributed by atoms with E-state index in [0.717, 1.165) is 25.4 Å². The Morgan fingerprint density at radius 1 is 1.50 bits per heavy atom. The summed E-state index contributed by atoms with van der Waals surface area (Å²) < 4.78 is 5.59. The van der Waals surface area contributed by atoms with E-state index in [2.05, 4.69) is 23.7 Å². The molecule has 16 heavy (non-hydrogen) atoms. The minimum Gasteiger partial charge on any atom is -0.384 e. The van der Waals surface area contributed by atoms with Gasteiger partial charge in [0.15, 0.2) is 0 Å². The Morgan fingerprint density at radius 2 is 2.31 bits per heavy atom. The SMILES string of the molecule is CC1CN(Cc2cccc(N)n2)C(C)CO1. The lowest BCUT2D eigenvalue weighted by Gasteiger charge is -2.36. The van der Waals surface area contributed by atoms with E-state index in [9.17, 15) is 0 Å². The molecule has 2 unspecified atom stereocenters. The molecule has 2 heterocycles. The van der Waals surface area contributed by atoms with Crippen LogP contribution in [0.4, 0.5) is 5.82 Å². The molecule has 0 radical (unpaired) electrons. The van der Waals surface area contributed by atoms with Crippen molar-refractivity contribution in [1.82, 2.24) is 9.88 Å². The van der Waals surface area contributed by atoms with Gasteiger partial charge in [0.25, 0.3) is 0 Å². The molecule has 0 aliphatic carbocycles. The summed E-state index contributed by atoms with van der Waals surface area (Å²) in [6.07, 6.45) is 0.303. The highest BCUT2D eigenvalue weighted by atomic mass is 16.5. The summed E-state index contributed by atoms with van der Waals surface area (Å²) in [6.45, 7) is 6.88. The standard InChI is InChI=1S/C12H19N3O/c1-9-8-16-10(2)6-15(9)7-11-4-3-5-12(13)14-11/h3-5,9-10H,6-8H2,1-2H3,(H2,13,14). The maximum atomic E-state index is 5.67. The van der Waals surface area contributed by atoms with Gasteiger partial charge in [-0.15, -0.1) is 0 Å². The second-order valence-electron chi connectivity index (χ2n) is 4.48. The number of nitrogen functional groups attached to an aromatic ring is 1. The van der Waals surface area contributed by atoms with E-state index in [4.69, 9.17) is 10.5 Å². The molecule has 2 atom stereocenters. The third-order valence-corrected chi connectivity index (χ3v) is 2.93. The predicted octanol–water partition coefficient (Wildman–Crippen LogP) is 1.27. The van der Waals surface area contributed by atoms with Gasteiger partial charge in [-0.25, -0.2) is 4.98 Å². The van der Waals surface area contributed by atoms with Crippen molar-refractivity contribution in [1.29, 1.82) is 0 Å². The van der Waals surface area contributed by atoms with E-state index in [-0.39, 0.29) is 0 Å². The molecule has 0 bridgehead atoms. The lowest BCUT2D eigenvalue weighted by atomic mass is 10.2. The van der Waals surface area contributed by atoms with E-state index >= 15 is 0 Å². The van der Waals surface area contributed by atoms with Gasteiger partial charge in [-0.1, -0.05) is 6.07 Å². The molecule has 2 rings (SSSR count). The Bertz CT molecular complexity index is 356. The van der Waals surface area contributed by atoms with Crippen LogP contribution in [0.15, 0.2) is 18.2 Å². The number of morpholine rings is 1. The van der Waals surface area contributed by atoms with E-state index in [0.29, 0.717) is 18.0 Å². The molecule has 0 spiro atoms. The van der Waals surface area contributed by atoms with Crippen LogP contribution in [-0.2, 0) is 11.3 Å². The van der Waals surface area contributed by atoms with Crippen molar-refractivity contribution in [2.24, 2.45) is 0 Å². The number of ether oxygens (including phenoxy) is 1. The average Bonchev–Trinajstić information content (AvgIpc) is 2.24. The summed E-state index contributed by atoms with van der Waals surface area (Å²) in [5, 5.41) is 0. The topological polar surface area (TPSA) is 51.4 Å². The van der Waals surface area contributed by atoms with Gasteiger partial charge >= 0.3 is 0 Å². The molecule has 0 amide bonds. The van der Waals surface area contributed by atoms with Crippen LogP contribution in [0.1, 0.15) is 19.5 Å². The van der Waals surface area contributed by atoms with Crippen LogP contribution in [0.25, 0.3) is 0 Å². The first kappa shape index (κ1) is 11.4. The number of anilines is 1. The van der Waals surface area contributed by atoms with Crippen LogP contribution in [0.2, 0.25) is 0 Å². The van der Waals surface area contributed by atoms with Crippen molar-refractivity contribution in [2.45, 2.75) is 32.5 Å². The van der Waals surface area contributed by atoms with E-state index in [1.54, 1.807) is 0 Å². The lowest BCUT2D eigenvalue weighted by Crippen LogP contribution is -2.46. The smallest absolute Gasteiger partial charge is 0.123 e. The fraction of sp³-hybridized carbons (Fsp3) is 0.583. The number of rotatable bonds is 2. The number of hydrogen-bond donors (Lipinski definition) is 1. The van der Waals surface area contributed by atoms with Crippen LogP contribution in [0.5, 0.6) is 0 Å². The lowest BCUT2D eigenvalue weighted by molar-refractivity contribution is -0.0530. The zero-order valence-corrected chi connectivity index (χ0v) is 9.89. The molecule has 1 fully saturated rings. The van der Waals surface area contributed by atoms with Crippen LogP contribution < -0.4 is 5.73 Å². The third kappa shape index (κ3) is 2.71. The van der Waals surface area contributed by atoms with E-state index in [1.807, 2.05) is 18.2 Å². The monoisotopic (exact) mass is 221 g/mol. The number of aromatic nitrogens is 1. The molecule has 4 nitrogen and oxygen atoms in total. The molecule has 4 heteroatoms. The summed E-state index contributed by atoms with van der Waals surface area (Å²) in [4.78, 5) is 6.71. The first-order chi connectivity index (χ1) is 7.65. The fourth-order valence-corrected chi connectivity index (χ4v) is 1.99. The molecule has 2 N–H and O–H groups in total. The minimum absolute atomic E-state index is 0.303. The average molecular weight is 221 g/mol. The molecule has 0 aromatic carbocycles. The van der Waals surface area contributed by atoms with Crippen LogP contribution in [-0.4, -0.2) is 35.2 Å². The largest absolute Gasteiger partial charge is 0.384 e. The van der Waals surface area contributed by atoms with Gasteiger partial charge in [0.2, 0.25) is 0 Å². The molecule has 1 aliphatic heterocycles. The van der Waals surface area contributed by atoms with Crippen LogP contribution in [0.3, 0.4) is 0 Å². The maximum Gasteiger partial charge on any atom is 0.123 e. The van der Waals surface area contributed by atoms with Crippen molar-refractivity contribution in [2.75, 3.05) is 18.9 Å². The normalized spacial score (nSPS) is 26.9. The maximum absolute atomic E-state index is 5.67. The first-order valence-corrected chi connectivity index (χ1v) is 5.72. The molecule has 1 aromatic heterocycles. The Hall–Kier alpha value is -1.13. The molecule has 1 aromatic rings. The van der Waals surface area contributed by atoms with Gasteiger partial charge in [0.1, 0.15) is 5.82 Å². The van der Waals surface area contributed by atoms with Crippen molar-refractivity contribution in [3.8, 4) is 0 Å². The van der Waals surface area contributed by atoms with Gasteiger partial charge < -0.3 is 10.5 Å². The summed E-state index contributed by atoms with van der Waals surface area (Å²) in [5.74, 6) is 0.589. The molecule has 88 valence electrons.